The maximum absolute atomic E-state index is 12.7. The second kappa shape index (κ2) is 20.5. The number of hydrogen-bond donors (Lipinski definition) is 1. The number of ether oxygens (including phenoxy) is 8. The lowest BCUT2D eigenvalue weighted by Crippen LogP contribution is -2.44. The Balaban J connectivity index is 1.81. The van der Waals surface area contributed by atoms with Gasteiger partial charge < -0.3 is 48.1 Å². The van der Waals surface area contributed by atoms with Crippen LogP contribution in [0.1, 0.15) is 68.2 Å². The molecule has 1 aromatic rings. The second-order valence-electron chi connectivity index (χ2n) is 12.2. The van der Waals surface area contributed by atoms with Crippen molar-refractivity contribution < 1.29 is 66.7 Å². The van der Waals surface area contributed by atoms with E-state index in [4.69, 9.17) is 37.9 Å². The van der Waals surface area contributed by atoms with E-state index in [1.54, 1.807) is 6.92 Å². The number of rotatable bonds is 19. The average Bonchev–Trinajstić information content (AvgIpc) is 3.53. The Bertz CT molecular complexity index is 1300. The minimum Gasteiger partial charge on any atom is -0.470 e. The Kier molecular flexibility index (Phi) is 17.3. The van der Waals surface area contributed by atoms with Gasteiger partial charge in [0.1, 0.15) is 12.7 Å². The Morgan fingerprint density at radius 3 is 1.80 bits per heavy atom. The molecule has 0 aliphatic carbocycles. The van der Waals surface area contributed by atoms with E-state index in [0.717, 1.165) is 11.7 Å². The molecule has 18 nitrogen and oxygen atoms in total. The van der Waals surface area contributed by atoms with Crippen LogP contribution in [0, 0.1) is 0 Å². The van der Waals surface area contributed by atoms with E-state index in [-0.39, 0.29) is 31.7 Å². The molecule has 1 N–H and O–H groups in total. The minimum absolute atomic E-state index is 0.0296. The zero-order chi connectivity index (χ0) is 37.4. The highest BCUT2D eigenvalue weighted by molar-refractivity contribution is 6.99. The number of hydrogen-bond acceptors (Lipinski definition) is 19. The number of aromatic nitrogens is 2. The molecule has 1 fully saturated rings. The summed E-state index contributed by atoms with van der Waals surface area (Å²) in [7, 11) is 0. The molecule has 0 spiro atoms. The fourth-order valence-corrected chi connectivity index (χ4v) is 4.45. The van der Waals surface area contributed by atoms with Crippen LogP contribution < -0.4 is 15.0 Å². The molecule has 50 heavy (non-hydrogen) atoms. The van der Waals surface area contributed by atoms with Crippen LogP contribution in [-0.2, 0) is 61.9 Å². The zero-order valence-electron chi connectivity index (χ0n) is 29.7. The van der Waals surface area contributed by atoms with Gasteiger partial charge in [-0.15, -0.1) is 4.37 Å². The van der Waals surface area contributed by atoms with Crippen molar-refractivity contribution >= 4 is 53.4 Å². The van der Waals surface area contributed by atoms with Crippen molar-refractivity contribution in [2.45, 2.75) is 104 Å². The third-order valence-electron chi connectivity index (χ3n) is 6.65. The molecule has 0 amide bonds. The predicted molar refractivity (Wildman–Crippen MR) is 174 cm³/mol. The van der Waals surface area contributed by atoms with E-state index in [2.05, 4.69) is 14.1 Å². The molecule has 2 heterocycles. The van der Waals surface area contributed by atoms with E-state index >= 15 is 0 Å². The summed E-state index contributed by atoms with van der Waals surface area (Å²) in [4.78, 5) is 75.7. The molecule has 0 unspecified atom stereocenters. The van der Waals surface area contributed by atoms with Crippen molar-refractivity contribution in [2.24, 2.45) is 0 Å². The van der Waals surface area contributed by atoms with E-state index in [9.17, 15) is 28.8 Å². The molecular weight excluding hydrogens is 684 g/mol. The van der Waals surface area contributed by atoms with Gasteiger partial charge in [-0.2, -0.15) is 4.37 Å². The zero-order valence-corrected chi connectivity index (χ0v) is 30.5. The summed E-state index contributed by atoms with van der Waals surface area (Å²) >= 11 is 1.00. The topological polar surface area (TPSA) is 217 Å². The Morgan fingerprint density at radius 1 is 0.780 bits per heavy atom. The third-order valence-corrected chi connectivity index (χ3v) is 7.15. The van der Waals surface area contributed by atoms with Gasteiger partial charge in [0.15, 0.2) is 24.4 Å². The minimum atomic E-state index is -1.48. The van der Waals surface area contributed by atoms with Gasteiger partial charge >= 0.3 is 35.8 Å². The molecule has 1 saturated heterocycles. The second-order valence-corrected chi connectivity index (χ2v) is 12.7. The number of morpholine rings is 1. The Labute approximate surface area is 295 Å². The van der Waals surface area contributed by atoms with Crippen LogP contribution in [0.25, 0.3) is 0 Å². The smallest absolute Gasteiger partial charge is 0.347 e. The summed E-state index contributed by atoms with van der Waals surface area (Å²) < 4.78 is 50.1. The van der Waals surface area contributed by atoms with Gasteiger partial charge in [-0.05, 0) is 55.4 Å². The number of carbonyl (C=O) groups excluding carboxylic acids is 6. The summed E-state index contributed by atoms with van der Waals surface area (Å²) in [5.74, 6) is -4.63. The first-order valence-electron chi connectivity index (χ1n) is 16.2. The van der Waals surface area contributed by atoms with Gasteiger partial charge in [-0.3, -0.25) is 9.59 Å². The summed E-state index contributed by atoms with van der Waals surface area (Å²) in [5.41, 5.74) is -0.289. The summed E-state index contributed by atoms with van der Waals surface area (Å²) in [6, 6.07) is 0. The lowest BCUT2D eigenvalue weighted by Gasteiger charge is -2.27. The van der Waals surface area contributed by atoms with Crippen molar-refractivity contribution in [1.29, 1.82) is 0 Å². The Morgan fingerprint density at radius 2 is 1.28 bits per heavy atom. The molecule has 2 rings (SSSR count). The van der Waals surface area contributed by atoms with E-state index < -0.39 is 72.8 Å². The number of esters is 6. The van der Waals surface area contributed by atoms with Crippen LogP contribution in [0.5, 0.6) is 5.88 Å². The molecule has 19 heteroatoms. The highest BCUT2D eigenvalue weighted by atomic mass is 32.1. The van der Waals surface area contributed by atoms with E-state index in [1.165, 1.54) is 27.7 Å². The molecule has 0 radical (unpaired) electrons. The van der Waals surface area contributed by atoms with Crippen LogP contribution >= 0.6 is 11.7 Å². The Hall–Kier alpha value is -4.10. The molecule has 0 bridgehead atoms. The molecule has 0 saturated carbocycles. The molecule has 0 aromatic carbocycles. The van der Waals surface area contributed by atoms with Gasteiger partial charge in [0.2, 0.25) is 5.82 Å². The maximum Gasteiger partial charge on any atom is 0.347 e. The first kappa shape index (κ1) is 42.1. The van der Waals surface area contributed by atoms with Crippen LogP contribution in [0.4, 0.5) is 5.82 Å². The highest BCUT2D eigenvalue weighted by Crippen LogP contribution is 2.26. The van der Waals surface area contributed by atoms with Gasteiger partial charge in [0, 0.05) is 25.2 Å². The maximum atomic E-state index is 12.7. The molecule has 5 atom stereocenters. The van der Waals surface area contributed by atoms with Gasteiger partial charge in [-0.1, -0.05) is 0 Å². The first-order chi connectivity index (χ1) is 23.5. The summed E-state index contributed by atoms with van der Waals surface area (Å²) in [6.07, 6.45) is -7.07. The lowest BCUT2D eigenvalue weighted by molar-refractivity contribution is -0.185. The quantitative estimate of drug-likeness (QED) is 0.156. The van der Waals surface area contributed by atoms with Crippen LogP contribution in [0.2, 0.25) is 0 Å². The van der Waals surface area contributed by atoms with Crippen LogP contribution in [0.3, 0.4) is 0 Å². The fraction of sp³-hybridized carbons (Fsp3) is 0.742. The first-order valence-corrected chi connectivity index (χ1v) is 16.9. The molecule has 1 aliphatic rings. The van der Waals surface area contributed by atoms with Crippen molar-refractivity contribution in [1.82, 2.24) is 14.1 Å². The van der Waals surface area contributed by atoms with E-state index in [0.29, 0.717) is 38.0 Å². The van der Waals surface area contributed by atoms with Crippen molar-refractivity contribution in [2.75, 3.05) is 51.0 Å². The van der Waals surface area contributed by atoms with E-state index in [1.807, 2.05) is 25.7 Å². The fourth-order valence-electron chi connectivity index (χ4n) is 3.93. The third kappa shape index (κ3) is 15.2. The number of nitrogens with zero attached hydrogens (tertiary/aromatic N) is 3. The van der Waals surface area contributed by atoms with Gasteiger partial charge in [0.25, 0.3) is 5.88 Å². The van der Waals surface area contributed by atoms with Crippen molar-refractivity contribution in [3.63, 3.8) is 0 Å². The van der Waals surface area contributed by atoms with Gasteiger partial charge in [0.05, 0.1) is 44.4 Å². The number of anilines is 1. The molecule has 1 aliphatic heterocycles. The van der Waals surface area contributed by atoms with Gasteiger partial charge in [-0.25, -0.2) is 19.2 Å². The summed E-state index contributed by atoms with van der Waals surface area (Å²) in [5, 5.41) is 3.26. The summed E-state index contributed by atoms with van der Waals surface area (Å²) in [6.45, 7) is 15.1. The van der Waals surface area contributed by atoms with Crippen molar-refractivity contribution in [3.8, 4) is 5.88 Å². The molecule has 282 valence electrons. The monoisotopic (exact) mass is 732 g/mol. The SMILES string of the molecule is CCOC(=O)[C@H](C)OC(=O)[C@H](C)OC(=O)[C@H](C)OC(=O)[C@H](C)OC(=O)CCC(=O)O[C@@H](CNC(C)(C)C)COc1nsnc1N1CCOCC1. The van der Waals surface area contributed by atoms with Crippen LogP contribution in [0.15, 0.2) is 0 Å². The lowest BCUT2D eigenvalue weighted by atomic mass is 10.1. The van der Waals surface area contributed by atoms with Crippen LogP contribution in [-0.4, -0.2) is 127 Å². The number of nitrogens with one attached hydrogen (secondary N) is 1. The van der Waals surface area contributed by atoms with Crippen molar-refractivity contribution in [3.05, 3.63) is 0 Å². The highest BCUT2D eigenvalue weighted by Gasteiger charge is 2.31. The molecular formula is C31H48N4O14S. The normalized spacial score (nSPS) is 16.1. The largest absolute Gasteiger partial charge is 0.470 e. The average molecular weight is 733 g/mol. The standard InChI is InChI=1S/C31H48N4O14S/c1-9-43-27(38)18(2)46-29(40)20(4)48-30(41)21(5)47-28(39)19(3)45-23(36)10-11-24(37)49-22(16-32-31(6,7)8)17-44-26-25(33-50-34-26)35-12-14-42-15-13-35/h18-22,32H,9-17H2,1-8H3/t18-,19-,20-,21-,22-/m0/s1. The molecule has 1 aromatic heterocycles. The predicted octanol–water partition coefficient (Wildman–Crippen LogP) is 1.12. The number of carbonyl (C=O) groups is 6.